The zero-order chi connectivity index (χ0) is 15.4. The Morgan fingerprint density at radius 2 is 1.95 bits per heavy atom. The van der Waals surface area contributed by atoms with Crippen molar-refractivity contribution in [2.45, 2.75) is 40.5 Å². The zero-order valence-electron chi connectivity index (χ0n) is 13.7. The maximum absolute atomic E-state index is 6.04. The lowest BCUT2D eigenvalue weighted by Crippen LogP contribution is -2.08. The number of ether oxygens (including phenoxy) is 1. The van der Waals surface area contributed by atoms with Gasteiger partial charge in [-0.15, -0.1) is 5.10 Å². The molecular formula is C17H25N3O. The Kier molecular flexibility index (Phi) is 4.99. The normalized spacial score (nSPS) is 11.1. The predicted molar refractivity (Wildman–Crippen MR) is 84.7 cm³/mol. The molecule has 114 valence electrons. The van der Waals surface area contributed by atoms with Crippen LogP contribution >= 0.6 is 0 Å². The van der Waals surface area contributed by atoms with Crippen LogP contribution in [0, 0.1) is 19.8 Å². The molecule has 0 spiro atoms. The molecular weight excluding hydrogens is 262 g/mol. The molecule has 0 saturated carbocycles. The van der Waals surface area contributed by atoms with Gasteiger partial charge in [-0.05, 0) is 43.7 Å². The lowest BCUT2D eigenvalue weighted by molar-refractivity contribution is 0.267. The molecule has 1 aromatic carbocycles. The number of aromatic nitrogens is 3. The lowest BCUT2D eigenvalue weighted by atomic mass is 10.0. The summed E-state index contributed by atoms with van der Waals surface area (Å²) >= 11 is 0. The van der Waals surface area contributed by atoms with Gasteiger partial charge < -0.3 is 4.74 Å². The van der Waals surface area contributed by atoms with Crippen LogP contribution in [-0.2, 0) is 19.9 Å². The maximum Gasteiger partial charge on any atom is 0.125 e. The van der Waals surface area contributed by atoms with Crippen molar-refractivity contribution in [1.29, 1.82) is 0 Å². The average Bonchev–Trinajstić information content (AvgIpc) is 2.80. The van der Waals surface area contributed by atoms with E-state index in [0.717, 1.165) is 30.9 Å². The Morgan fingerprint density at radius 3 is 2.57 bits per heavy atom. The molecule has 0 amide bonds. The van der Waals surface area contributed by atoms with E-state index in [9.17, 15) is 0 Å². The minimum absolute atomic E-state index is 0.526. The molecule has 2 rings (SSSR count). The summed E-state index contributed by atoms with van der Waals surface area (Å²) in [5.41, 5.74) is 4.77. The minimum atomic E-state index is 0.526. The fourth-order valence-electron chi connectivity index (χ4n) is 2.46. The predicted octanol–water partition coefficient (Wildman–Crippen LogP) is 3.25. The van der Waals surface area contributed by atoms with Crippen LogP contribution in [0.5, 0.6) is 5.75 Å². The second kappa shape index (κ2) is 6.74. The summed E-state index contributed by atoms with van der Waals surface area (Å²) in [4.78, 5) is 0. The molecule has 0 atom stereocenters. The van der Waals surface area contributed by atoms with E-state index in [4.69, 9.17) is 4.74 Å². The molecule has 0 aliphatic heterocycles. The van der Waals surface area contributed by atoms with Crippen molar-refractivity contribution in [2.75, 3.05) is 6.61 Å². The summed E-state index contributed by atoms with van der Waals surface area (Å²) in [6.07, 6.45) is 3.78. The smallest absolute Gasteiger partial charge is 0.125 e. The van der Waals surface area contributed by atoms with Gasteiger partial charge in [0, 0.05) is 13.2 Å². The van der Waals surface area contributed by atoms with Crippen molar-refractivity contribution in [3.8, 4) is 5.75 Å². The van der Waals surface area contributed by atoms with E-state index in [1.54, 1.807) is 4.68 Å². The molecule has 2 aromatic rings. The van der Waals surface area contributed by atoms with E-state index >= 15 is 0 Å². The van der Waals surface area contributed by atoms with Crippen molar-refractivity contribution >= 4 is 0 Å². The third kappa shape index (κ3) is 4.31. The number of nitrogens with zero attached hydrogens (tertiary/aromatic N) is 3. The van der Waals surface area contributed by atoms with Gasteiger partial charge in [0.15, 0.2) is 0 Å². The van der Waals surface area contributed by atoms with Crippen LogP contribution in [-0.4, -0.2) is 21.6 Å². The number of aryl methyl sites for hydroxylation is 5. The first-order chi connectivity index (χ1) is 9.95. The number of hydrogen-bond acceptors (Lipinski definition) is 3. The fraction of sp³-hybridized carbons (Fsp3) is 0.529. The lowest BCUT2D eigenvalue weighted by Gasteiger charge is -2.16. The Hall–Kier alpha value is -1.84. The molecule has 0 bridgehead atoms. The Balaban J connectivity index is 2.15. The van der Waals surface area contributed by atoms with Crippen molar-refractivity contribution in [3.05, 3.63) is 40.7 Å². The fourth-order valence-corrected chi connectivity index (χ4v) is 2.46. The van der Waals surface area contributed by atoms with Gasteiger partial charge >= 0.3 is 0 Å². The highest BCUT2D eigenvalue weighted by Gasteiger charge is 2.10. The van der Waals surface area contributed by atoms with Gasteiger partial charge in [-0.1, -0.05) is 36.8 Å². The summed E-state index contributed by atoms with van der Waals surface area (Å²) in [5.74, 6) is 1.57. The summed E-state index contributed by atoms with van der Waals surface area (Å²) in [6, 6.07) is 4.40. The van der Waals surface area contributed by atoms with Gasteiger partial charge in [-0.25, -0.2) is 0 Å². The van der Waals surface area contributed by atoms with E-state index in [0.29, 0.717) is 5.92 Å². The first kappa shape index (κ1) is 15.5. The summed E-state index contributed by atoms with van der Waals surface area (Å²) in [5, 5.41) is 8.13. The molecule has 0 aliphatic rings. The van der Waals surface area contributed by atoms with Crippen LogP contribution in [0.1, 0.15) is 36.2 Å². The third-order valence-corrected chi connectivity index (χ3v) is 3.36. The molecule has 0 aliphatic carbocycles. The van der Waals surface area contributed by atoms with Gasteiger partial charge in [0.25, 0.3) is 0 Å². The summed E-state index contributed by atoms with van der Waals surface area (Å²) < 4.78 is 7.78. The van der Waals surface area contributed by atoms with Gasteiger partial charge in [-0.3, -0.25) is 4.68 Å². The number of benzene rings is 1. The molecule has 1 aromatic heterocycles. The second-order valence-electron chi connectivity index (χ2n) is 6.16. The van der Waals surface area contributed by atoms with E-state index in [-0.39, 0.29) is 0 Å². The molecule has 0 unspecified atom stereocenters. The Bertz CT molecular complexity index is 602. The van der Waals surface area contributed by atoms with Crippen molar-refractivity contribution < 1.29 is 4.74 Å². The van der Waals surface area contributed by atoms with Gasteiger partial charge in [0.05, 0.1) is 12.3 Å². The van der Waals surface area contributed by atoms with Crippen LogP contribution in [0.4, 0.5) is 0 Å². The Labute approximate surface area is 127 Å². The average molecular weight is 287 g/mol. The van der Waals surface area contributed by atoms with Crippen molar-refractivity contribution in [3.63, 3.8) is 0 Å². The first-order valence-electron chi connectivity index (χ1n) is 7.54. The largest absolute Gasteiger partial charge is 0.493 e. The van der Waals surface area contributed by atoms with E-state index < -0.39 is 0 Å². The highest BCUT2D eigenvalue weighted by atomic mass is 16.5. The molecule has 0 saturated heterocycles. The standard InChI is InChI=1S/C17H25N3O/c1-12(2)11-21-17-14(4)8-13(3)9-15(17)6-7-16-10-20(5)19-18-16/h8-10,12H,6-7,11H2,1-5H3. The summed E-state index contributed by atoms with van der Waals surface area (Å²) in [6.45, 7) is 9.34. The molecule has 0 fully saturated rings. The minimum Gasteiger partial charge on any atom is -0.493 e. The first-order valence-corrected chi connectivity index (χ1v) is 7.54. The number of hydrogen-bond donors (Lipinski definition) is 0. The van der Waals surface area contributed by atoms with Crippen LogP contribution in [0.25, 0.3) is 0 Å². The third-order valence-electron chi connectivity index (χ3n) is 3.36. The van der Waals surface area contributed by atoms with Crippen LogP contribution in [0.15, 0.2) is 18.3 Å². The number of rotatable bonds is 6. The van der Waals surface area contributed by atoms with Crippen molar-refractivity contribution in [2.24, 2.45) is 13.0 Å². The quantitative estimate of drug-likeness (QED) is 0.818. The van der Waals surface area contributed by atoms with E-state index in [2.05, 4.69) is 50.1 Å². The van der Waals surface area contributed by atoms with Gasteiger partial charge in [0.2, 0.25) is 0 Å². The van der Waals surface area contributed by atoms with Crippen LogP contribution in [0.3, 0.4) is 0 Å². The SMILES string of the molecule is Cc1cc(C)c(OCC(C)C)c(CCc2cn(C)nn2)c1. The highest BCUT2D eigenvalue weighted by molar-refractivity contribution is 5.44. The molecule has 0 radical (unpaired) electrons. The monoisotopic (exact) mass is 287 g/mol. The van der Waals surface area contributed by atoms with E-state index in [1.165, 1.54) is 16.7 Å². The van der Waals surface area contributed by atoms with Crippen LogP contribution < -0.4 is 4.74 Å². The molecule has 1 heterocycles. The Morgan fingerprint density at radius 1 is 1.19 bits per heavy atom. The van der Waals surface area contributed by atoms with Gasteiger partial charge in [0.1, 0.15) is 5.75 Å². The zero-order valence-corrected chi connectivity index (χ0v) is 13.7. The second-order valence-corrected chi connectivity index (χ2v) is 6.16. The van der Waals surface area contributed by atoms with Crippen molar-refractivity contribution in [1.82, 2.24) is 15.0 Å². The van der Waals surface area contributed by atoms with Crippen LogP contribution in [0.2, 0.25) is 0 Å². The van der Waals surface area contributed by atoms with E-state index in [1.807, 2.05) is 13.2 Å². The highest BCUT2D eigenvalue weighted by Crippen LogP contribution is 2.27. The molecule has 4 nitrogen and oxygen atoms in total. The molecule has 21 heavy (non-hydrogen) atoms. The topological polar surface area (TPSA) is 39.9 Å². The molecule has 0 N–H and O–H groups in total. The summed E-state index contributed by atoms with van der Waals surface area (Å²) in [7, 11) is 1.89. The maximum atomic E-state index is 6.04. The molecule has 4 heteroatoms. The van der Waals surface area contributed by atoms with Gasteiger partial charge in [-0.2, -0.15) is 0 Å².